The van der Waals surface area contributed by atoms with Gasteiger partial charge in [0.2, 0.25) is 0 Å². The van der Waals surface area contributed by atoms with Crippen molar-refractivity contribution in [2.75, 3.05) is 0 Å². The van der Waals surface area contributed by atoms with Gasteiger partial charge in [0.05, 0.1) is 17.2 Å². The summed E-state index contributed by atoms with van der Waals surface area (Å²) in [4.78, 5) is 16.1. The lowest BCUT2D eigenvalue weighted by molar-refractivity contribution is 0.0959. The van der Waals surface area contributed by atoms with Crippen LogP contribution in [0.2, 0.25) is 0 Å². The van der Waals surface area contributed by atoms with E-state index < -0.39 is 23.3 Å². The topological polar surface area (TPSA) is 30.0 Å². The summed E-state index contributed by atoms with van der Waals surface area (Å²) in [5.74, 6) is -3.22. The molecule has 2 rings (SSSR count). The predicted molar refractivity (Wildman–Crippen MR) is 63.3 cm³/mol. The van der Waals surface area contributed by atoms with E-state index in [4.69, 9.17) is 0 Å². The molecule has 0 aliphatic carbocycles. The van der Waals surface area contributed by atoms with Crippen LogP contribution < -0.4 is 0 Å². The van der Waals surface area contributed by atoms with Crippen LogP contribution in [0.15, 0.2) is 42.6 Å². The molecule has 0 saturated carbocycles. The van der Waals surface area contributed by atoms with E-state index in [0.29, 0.717) is 5.69 Å². The first-order chi connectivity index (χ1) is 8.61. The van der Waals surface area contributed by atoms with Crippen LogP contribution in [0, 0.1) is 11.6 Å². The monoisotopic (exact) mass is 247 g/mol. The molecule has 1 unspecified atom stereocenters. The second-order valence-corrected chi connectivity index (χ2v) is 3.94. The maximum atomic E-state index is 13.5. The Labute approximate surface area is 103 Å². The number of nitrogens with zero attached hydrogens (tertiary/aromatic N) is 1. The van der Waals surface area contributed by atoms with Crippen LogP contribution >= 0.6 is 0 Å². The number of pyridine rings is 1. The van der Waals surface area contributed by atoms with Gasteiger partial charge in [-0.15, -0.1) is 0 Å². The Morgan fingerprint density at radius 1 is 1.17 bits per heavy atom. The smallest absolute Gasteiger partial charge is 0.174 e. The van der Waals surface area contributed by atoms with Gasteiger partial charge in [-0.3, -0.25) is 9.78 Å². The first kappa shape index (κ1) is 12.4. The maximum absolute atomic E-state index is 13.5. The average Bonchev–Trinajstić information content (AvgIpc) is 2.41. The summed E-state index contributed by atoms with van der Waals surface area (Å²) < 4.78 is 26.6. The van der Waals surface area contributed by atoms with Crippen LogP contribution in [0.25, 0.3) is 0 Å². The Bertz CT molecular complexity index is 569. The number of ketones is 1. The highest BCUT2D eigenvalue weighted by Crippen LogP contribution is 2.21. The molecule has 2 aromatic rings. The molecule has 0 amide bonds. The highest BCUT2D eigenvalue weighted by Gasteiger charge is 2.22. The van der Waals surface area contributed by atoms with E-state index in [9.17, 15) is 13.6 Å². The quantitative estimate of drug-likeness (QED) is 0.778. The summed E-state index contributed by atoms with van der Waals surface area (Å²) in [6, 6.07) is 8.73. The van der Waals surface area contributed by atoms with Gasteiger partial charge in [-0.2, -0.15) is 0 Å². The zero-order chi connectivity index (χ0) is 13.1. The Morgan fingerprint density at radius 3 is 2.61 bits per heavy atom. The van der Waals surface area contributed by atoms with Crippen LogP contribution in [0.3, 0.4) is 0 Å². The normalized spacial score (nSPS) is 12.2. The lowest BCUT2D eigenvalue weighted by atomic mass is 9.95. The molecule has 92 valence electrons. The number of benzene rings is 1. The second-order valence-electron chi connectivity index (χ2n) is 3.94. The van der Waals surface area contributed by atoms with Crippen molar-refractivity contribution in [2.24, 2.45) is 0 Å². The number of carbonyl (C=O) groups excluding carboxylic acids is 1. The van der Waals surface area contributed by atoms with E-state index in [1.54, 1.807) is 31.3 Å². The molecule has 0 aliphatic rings. The fraction of sp³-hybridized carbons (Fsp3) is 0.143. The van der Waals surface area contributed by atoms with E-state index in [2.05, 4.69) is 4.98 Å². The summed E-state index contributed by atoms with van der Waals surface area (Å²) in [7, 11) is 0. The summed E-state index contributed by atoms with van der Waals surface area (Å²) >= 11 is 0. The van der Waals surface area contributed by atoms with Crippen molar-refractivity contribution >= 4 is 5.78 Å². The van der Waals surface area contributed by atoms with Crippen LogP contribution in [0.4, 0.5) is 8.78 Å². The molecule has 4 heteroatoms. The van der Waals surface area contributed by atoms with Gasteiger partial charge in [-0.25, -0.2) is 8.78 Å². The van der Waals surface area contributed by atoms with Crippen LogP contribution in [-0.2, 0) is 0 Å². The summed E-state index contributed by atoms with van der Waals surface area (Å²) in [6.07, 6.45) is 1.56. The largest absolute Gasteiger partial charge is 0.293 e. The zero-order valence-corrected chi connectivity index (χ0v) is 9.73. The molecular formula is C14H11F2NO. The van der Waals surface area contributed by atoms with E-state index in [-0.39, 0.29) is 5.56 Å². The summed E-state index contributed by atoms with van der Waals surface area (Å²) in [6.45, 7) is 1.62. The highest BCUT2D eigenvalue weighted by atomic mass is 19.2. The number of hydrogen-bond acceptors (Lipinski definition) is 2. The number of hydrogen-bond donors (Lipinski definition) is 0. The fourth-order valence-electron chi connectivity index (χ4n) is 1.69. The molecule has 0 N–H and O–H groups in total. The van der Waals surface area contributed by atoms with Gasteiger partial charge in [0.15, 0.2) is 17.4 Å². The molecule has 0 aliphatic heterocycles. The maximum Gasteiger partial charge on any atom is 0.174 e. The molecule has 0 fully saturated rings. The lowest BCUT2D eigenvalue weighted by Gasteiger charge is -2.10. The lowest BCUT2D eigenvalue weighted by Crippen LogP contribution is -2.13. The van der Waals surface area contributed by atoms with Crippen molar-refractivity contribution in [1.82, 2.24) is 4.98 Å². The van der Waals surface area contributed by atoms with Crippen molar-refractivity contribution in [3.63, 3.8) is 0 Å². The van der Waals surface area contributed by atoms with Crippen LogP contribution in [-0.4, -0.2) is 10.8 Å². The third-order valence-electron chi connectivity index (χ3n) is 2.74. The Morgan fingerprint density at radius 2 is 1.94 bits per heavy atom. The molecule has 2 nitrogen and oxygen atoms in total. The molecule has 0 radical (unpaired) electrons. The molecule has 1 aromatic carbocycles. The van der Waals surface area contributed by atoms with Crippen molar-refractivity contribution in [3.8, 4) is 0 Å². The standard InChI is InChI=1S/C14H11F2NO/c1-9(12-7-2-3-8-17-12)14(18)10-5-4-6-11(15)13(10)16/h2-9H,1H3. The molecule has 18 heavy (non-hydrogen) atoms. The van der Waals surface area contributed by atoms with E-state index in [1.165, 1.54) is 12.1 Å². The molecule has 1 heterocycles. The molecule has 1 aromatic heterocycles. The minimum atomic E-state index is -1.11. The third kappa shape index (κ3) is 2.27. The number of carbonyl (C=O) groups is 1. The second kappa shape index (κ2) is 5.04. The zero-order valence-electron chi connectivity index (χ0n) is 9.73. The molecular weight excluding hydrogens is 236 g/mol. The highest BCUT2D eigenvalue weighted by molar-refractivity contribution is 6.00. The first-order valence-electron chi connectivity index (χ1n) is 5.50. The summed E-state index contributed by atoms with van der Waals surface area (Å²) in [5, 5.41) is 0. The molecule has 1 atom stereocenters. The predicted octanol–water partition coefficient (Wildman–Crippen LogP) is 3.35. The van der Waals surface area contributed by atoms with Crippen molar-refractivity contribution < 1.29 is 13.6 Å². The van der Waals surface area contributed by atoms with Gasteiger partial charge in [0, 0.05) is 6.20 Å². The van der Waals surface area contributed by atoms with Crippen molar-refractivity contribution in [1.29, 1.82) is 0 Å². The molecule has 0 spiro atoms. The molecule has 0 saturated heterocycles. The number of halogens is 2. The summed E-state index contributed by atoms with van der Waals surface area (Å²) in [5.41, 5.74) is 0.291. The van der Waals surface area contributed by atoms with Crippen LogP contribution in [0.5, 0.6) is 0 Å². The van der Waals surface area contributed by atoms with Gasteiger partial charge in [-0.1, -0.05) is 12.1 Å². The van der Waals surface area contributed by atoms with Gasteiger partial charge in [-0.05, 0) is 31.2 Å². The SMILES string of the molecule is CC(C(=O)c1cccc(F)c1F)c1ccccn1. The van der Waals surface area contributed by atoms with Crippen molar-refractivity contribution in [2.45, 2.75) is 12.8 Å². The van der Waals surface area contributed by atoms with E-state index in [0.717, 1.165) is 6.07 Å². The number of aromatic nitrogens is 1. The fourth-order valence-corrected chi connectivity index (χ4v) is 1.69. The van der Waals surface area contributed by atoms with E-state index in [1.807, 2.05) is 0 Å². The Kier molecular flexibility index (Phi) is 3.46. The Balaban J connectivity index is 2.35. The number of Topliss-reactive ketones (excluding diaryl/α,β-unsaturated/α-hetero) is 1. The first-order valence-corrected chi connectivity index (χ1v) is 5.50. The van der Waals surface area contributed by atoms with Gasteiger partial charge in [0.1, 0.15) is 0 Å². The van der Waals surface area contributed by atoms with E-state index >= 15 is 0 Å². The van der Waals surface area contributed by atoms with Crippen molar-refractivity contribution in [3.05, 3.63) is 65.5 Å². The van der Waals surface area contributed by atoms with Gasteiger partial charge in [0.25, 0.3) is 0 Å². The Hall–Kier alpha value is -2.10. The van der Waals surface area contributed by atoms with Crippen LogP contribution in [0.1, 0.15) is 28.9 Å². The third-order valence-corrected chi connectivity index (χ3v) is 2.74. The number of rotatable bonds is 3. The average molecular weight is 247 g/mol. The minimum Gasteiger partial charge on any atom is -0.293 e. The van der Waals surface area contributed by atoms with Gasteiger partial charge < -0.3 is 0 Å². The van der Waals surface area contributed by atoms with Gasteiger partial charge >= 0.3 is 0 Å². The molecule has 0 bridgehead atoms. The minimum absolute atomic E-state index is 0.242.